The predicted molar refractivity (Wildman–Crippen MR) is 54.4 cm³/mol. The zero-order chi connectivity index (χ0) is 8.81. The summed E-state index contributed by atoms with van der Waals surface area (Å²) in [4.78, 5) is 0. The Balaban J connectivity index is 2.29. The van der Waals surface area contributed by atoms with Crippen molar-refractivity contribution in [3.05, 3.63) is 47.5 Å². The van der Waals surface area contributed by atoms with E-state index in [0.717, 1.165) is 24.3 Å². The summed E-state index contributed by atoms with van der Waals surface area (Å²) in [5.41, 5.74) is 1.37. The van der Waals surface area contributed by atoms with Gasteiger partial charge >= 0.3 is 0 Å². The van der Waals surface area contributed by atoms with Crippen molar-refractivity contribution in [3.8, 4) is 0 Å². The fraction of sp³-hybridized carbons (Fsp3) is 0.273. The molecule has 0 fully saturated rings. The topological polar surface area (TPSA) is 0 Å². The molecule has 0 unspecified atom stereocenters. The first-order chi connectivity index (χ1) is 5.79. The number of halogens is 1. The normalized spacial score (nSPS) is 9.75. The van der Waals surface area contributed by atoms with Gasteiger partial charge in [0, 0.05) is 5.03 Å². The van der Waals surface area contributed by atoms with Crippen LogP contribution in [-0.2, 0) is 6.42 Å². The SMILES string of the molecule is C=C(Cl)CCCc1ccccc1. The van der Waals surface area contributed by atoms with Crippen molar-refractivity contribution in [3.63, 3.8) is 0 Å². The van der Waals surface area contributed by atoms with Crippen LogP contribution < -0.4 is 0 Å². The monoisotopic (exact) mass is 180 g/mol. The number of hydrogen-bond donors (Lipinski definition) is 0. The molecule has 0 atom stereocenters. The van der Waals surface area contributed by atoms with Gasteiger partial charge in [-0.1, -0.05) is 48.5 Å². The van der Waals surface area contributed by atoms with Gasteiger partial charge < -0.3 is 0 Å². The van der Waals surface area contributed by atoms with Gasteiger partial charge in [-0.15, -0.1) is 0 Å². The van der Waals surface area contributed by atoms with Crippen LogP contribution in [0, 0.1) is 0 Å². The van der Waals surface area contributed by atoms with Crippen LogP contribution in [0.25, 0.3) is 0 Å². The highest BCUT2D eigenvalue weighted by Gasteiger charge is 1.92. The summed E-state index contributed by atoms with van der Waals surface area (Å²) in [6.45, 7) is 3.65. The molecule has 0 radical (unpaired) electrons. The molecule has 0 nitrogen and oxygen atoms in total. The molecule has 1 aromatic carbocycles. The van der Waals surface area contributed by atoms with Crippen LogP contribution in [-0.4, -0.2) is 0 Å². The summed E-state index contributed by atoms with van der Waals surface area (Å²) in [5.74, 6) is 0. The zero-order valence-electron chi connectivity index (χ0n) is 7.09. The summed E-state index contributed by atoms with van der Waals surface area (Å²) in [7, 11) is 0. The molecule has 0 heterocycles. The smallest absolute Gasteiger partial charge is 0.0109 e. The Morgan fingerprint density at radius 1 is 1.25 bits per heavy atom. The standard InChI is InChI=1S/C11H13Cl/c1-10(12)6-5-9-11-7-3-2-4-8-11/h2-4,7-8H,1,5-6,9H2. The predicted octanol–water partition coefficient (Wildman–Crippen LogP) is 3.76. The second-order valence-electron chi connectivity index (χ2n) is 2.86. The van der Waals surface area contributed by atoms with Crippen LogP contribution in [0.4, 0.5) is 0 Å². The van der Waals surface area contributed by atoms with E-state index < -0.39 is 0 Å². The molecular formula is C11H13Cl. The van der Waals surface area contributed by atoms with Gasteiger partial charge in [-0.2, -0.15) is 0 Å². The van der Waals surface area contributed by atoms with Crippen molar-refractivity contribution >= 4 is 11.6 Å². The molecule has 0 amide bonds. The van der Waals surface area contributed by atoms with Crippen LogP contribution in [0.15, 0.2) is 41.9 Å². The minimum Gasteiger partial charge on any atom is -0.0898 e. The van der Waals surface area contributed by atoms with Gasteiger partial charge in [0.05, 0.1) is 0 Å². The average molecular weight is 181 g/mol. The number of allylic oxidation sites excluding steroid dienone is 1. The molecule has 1 aromatic rings. The van der Waals surface area contributed by atoms with Gasteiger partial charge in [0.1, 0.15) is 0 Å². The van der Waals surface area contributed by atoms with Crippen molar-refractivity contribution in [2.75, 3.05) is 0 Å². The van der Waals surface area contributed by atoms with E-state index in [-0.39, 0.29) is 0 Å². The Morgan fingerprint density at radius 2 is 1.92 bits per heavy atom. The molecule has 1 heteroatoms. The Kier molecular flexibility index (Phi) is 3.89. The fourth-order valence-corrected chi connectivity index (χ4v) is 1.26. The first-order valence-electron chi connectivity index (χ1n) is 4.16. The van der Waals surface area contributed by atoms with Gasteiger partial charge in [-0.3, -0.25) is 0 Å². The Morgan fingerprint density at radius 3 is 2.50 bits per heavy atom. The fourth-order valence-electron chi connectivity index (χ4n) is 1.13. The lowest BCUT2D eigenvalue weighted by atomic mass is 10.1. The van der Waals surface area contributed by atoms with Gasteiger partial charge in [0.25, 0.3) is 0 Å². The van der Waals surface area contributed by atoms with Crippen molar-refractivity contribution in [2.45, 2.75) is 19.3 Å². The van der Waals surface area contributed by atoms with Crippen molar-refractivity contribution < 1.29 is 0 Å². The molecule has 0 saturated heterocycles. The lowest BCUT2D eigenvalue weighted by Crippen LogP contribution is -1.83. The van der Waals surface area contributed by atoms with Gasteiger partial charge in [0.15, 0.2) is 0 Å². The number of rotatable bonds is 4. The average Bonchev–Trinajstić information content (AvgIpc) is 2.05. The van der Waals surface area contributed by atoms with E-state index in [9.17, 15) is 0 Å². The molecule has 64 valence electrons. The van der Waals surface area contributed by atoms with E-state index in [1.54, 1.807) is 0 Å². The summed E-state index contributed by atoms with van der Waals surface area (Å²) < 4.78 is 0. The molecule has 1 rings (SSSR count). The molecule has 0 N–H and O–H groups in total. The van der Waals surface area contributed by atoms with E-state index in [1.165, 1.54) is 5.56 Å². The molecule has 0 aliphatic rings. The molecule has 0 aliphatic heterocycles. The minimum atomic E-state index is 0.755. The summed E-state index contributed by atoms with van der Waals surface area (Å²) in [6, 6.07) is 10.4. The molecular weight excluding hydrogens is 168 g/mol. The first-order valence-corrected chi connectivity index (χ1v) is 4.54. The Bertz CT molecular complexity index is 238. The third kappa shape index (κ3) is 3.59. The van der Waals surface area contributed by atoms with Crippen molar-refractivity contribution in [1.82, 2.24) is 0 Å². The van der Waals surface area contributed by atoms with Gasteiger partial charge in [0.2, 0.25) is 0 Å². The third-order valence-electron chi connectivity index (χ3n) is 1.76. The van der Waals surface area contributed by atoms with Crippen molar-refractivity contribution in [1.29, 1.82) is 0 Å². The van der Waals surface area contributed by atoms with Gasteiger partial charge in [-0.05, 0) is 24.8 Å². The molecule has 0 saturated carbocycles. The van der Waals surface area contributed by atoms with Gasteiger partial charge in [-0.25, -0.2) is 0 Å². The summed E-state index contributed by atoms with van der Waals surface area (Å²) in [6.07, 6.45) is 3.09. The highest BCUT2D eigenvalue weighted by Crippen LogP contribution is 2.10. The molecule has 0 bridgehead atoms. The second-order valence-corrected chi connectivity index (χ2v) is 3.39. The van der Waals surface area contributed by atoms with E-state index in [1.807, 2.05) is 6.07 Å². The maximum atomic E-state index is 5.65. The van der Waals surface area contributed by atoms with E-state index in [0.29, 0.717) is 0 Å². The summed E-state index contributed by atoms with van der Waals surface area (Å²) >= 11 is 5.65. The Labute approximate surface area is 78.9 Å². The highest BCUT2D eigenvalue weighted by atomic mass is 35.5. The largest absolute Gasteiger partial charge is 0.0898 e. The third-order valence-corrected chi connectivity index (χ3v) is 1.95. The van der Waals surface area contributed by atoms with E-state index in [4.69, 9.17) is 11.6 Å². The lowest BCUT2D eigenvalue weighted by Gasteiger charge is -1.99. The maximum Gasteiger partial charge on any atom is 0.0109 e. The van der Waals surface area contributed by atoms with Crippen molar-refractivity contribution in [2.24, 2.45) is 0 Å². The van der Waals surface area contributed by atoms with Crippen LogP contribution >= 0.6 is 11.6 Å². The first kappa shape index (κ1) is 9.34. The molecule has 0 aromatic heterocycles. The Hall–Kier alpha value is -0.750. The molecule has 0 aliphatic carbocycles. The molecule has 12 heavy (non-hydrogen) atoms. The van der Waals surface area contributed by atoms with Crippen LogP contribution in [0.1, 0.15) is 18.4 Å². The molecule has 0 spiro atoms. The maximum absolute atomic E-state index is 5.65. The minimum absolute atomic E-state index is 0.755. The number of aryl methyl sites for hydroxylation is 1. The van der Waals surface area contributed by atoms with E-state index >= 15 is 0 Å². The van der Waals surface area contributed by atoms with Crippen LogP contribution in [0.5, 0.6) is 0 Å². The number of hydrogen-bond acceptors (Lipinski definition) is 0. The summed E-state index contributed by atoms with van der Waals surface area (Å²) in [5, 5.41) is 0.755. The number of benzene rings is 1. The second kappa shape index (κ2) is 5.00. The zero-order valence-corrected chi connectivity index (χ0v) is 7.85. The quantitative estimate of drug-likeness (QED) is 0.662. The van der Waals surface area contributed by atoms with E-state index in [2.05, 4.69) is 30.8 Å². The van der Waals surface area contributed by atoms with Crippen LogP contribution in [0.2, 0.25) is 0 Å². The highest BCUT2D eigenvalue weighted by molar-refractivity contribution is 6.29. The van der Waals surface area contributed by atoms with Crippen LogP contribution in [0.3, 0.4) is 0 Å². The lowest BCUT2D eigenvalue weighted by molar-refractivity contribution is 0.836.